The Kier molecular flexibility index (Phi) is 12.9. The molecule has 0 aliphatic carbocycles. The molecule has 0 atom stereocenters. The van der Waals surface area contributed by atoms with Gasteiger partial charge in [-0.05, 0) is 39.8 Å². The van der Waals surface area contributed by atoms with Gasteiger partial charge in [0.15, 0.2) is 0 Å². The molecule has 0 radical (unpaired) electrons. The van der Waals surface area contributed by atoms with Crippen molar-refractivity contribution in [1.82, 2.24) is 0 Å². The molecule has 1 heterocycles. The molecule has 1 rings (SSSR count). The zero-order chi connectivity index (χ0) is 18.5. The van der Waals surface area contributed by atoms with Crippen LogP contribution >= 0.6 is 31.5 Å². The maximum absolute atomic E-state index is 11.3. The van der Waals surface area contributed by atoms with Gasteiger partial charge in [0.2, 0.25) is 0 Å². The summed E-state index contributed by atoms with van der Waals surface area (Å²) < 4.78 is 9.52. The van der Waals surface area contributed by atoms with Crippen molar-refractivity contribution < 1.29 is 32.2 Å². The molecule has 0 saturated heterocycles. The van der Waals surface area contributed by atoms with E-state index in [1.807, 2.05) is 12.1 Å². The van der Waals surface area contributed by atoms with Gasteiger partial charge < -0.3 is 9.47 Å². The second-order valence-electron chi connectivity index (χ2n) is 4.01. The monoisotopic (exact) mass is 436 g/mol. The first-order valence-electron chi connectivity index (χ1n) is 6.79. The second-order valence-corrected chi connectivity index (χ2v) is 6.91. The molecule has 10 heteroatoms. The van der Waals surface area contributed by atoms with Crippen LogP contribution in [0.3, 0.4) is 0 Å². The average molecular weight is 437 g/mol. The Hall–Kier alpha value is -0.921. The Morgan fingerprint density at radius 2 is 1.33 bits per heavy atom. The zero-order valence-electron chi connectivity index (χ0n) is 13.6. The van der Waals surface area contributed by atoms with Gasteiger partial charge in [0.1, 0.15) is 0 Å². The van der Waals surface area contributed by atoms with Crippen LogP contribution in [0.1, 0.15) is 37.4 Å². The summed E-state index contributed by atoms with van der Waals surface area (Å²) in [6.07, 6.45) is -1.22. The number of aliphatic imine (C=N–C) groups is 2. The molecular weight excluding hydrogens is 419 g/mol. The minimum absolute atomic E-state index is 0.194. The van der Waals surface area contributed by atoms with E-state index in [0.29, 0.717) is 11.4 Å². The third-order valence-corrected chi connectivity index (χ3v) is 3.68. The van der Waals surface area contributed by atoms with Gasteiger partial charge >= 0.3 is 45.5 Å². The van der Waals surface area contributed by atoms with Crippen molar-refractivity contribution in [2.24, 2.45) is 9.98 Å². The fourth-order valence-electron chi connectivity index (χ4n) is 1.42. The molecule has 0 aliphatic heterocycles. The standard InChI is InChI=1S/C14H18N2O4S.2ClH.Fe/c1-5-19-13(17)15-9(3)11-7-8-12(21-11)10(4)16-14(18)20-6-2;;;/h7-8H,5-6H2,1-4H3;2*1H;/q;;;+2/p-2/b15-9+,16-10+;;;. The molecule has 0 aromatic carbocycles. The van der Waals surface area contributed by atoms with E-state index in [9.17, 15) is 9.59 Å². The molecule has 1 aromatic rings. The summed E-state index contributed by atoms with van der Waals surface area (Å²) in [7, 11) is 9.53. The van der Waals surface area contributed by atoms with E-state index >= 15 is 0 Å². The Balaban J connectivity index is 0.00000163. The van der Waals surface area contributed by atoms with Crippen LogP contribution in [-0.2, 0) is 22.6 Å². The van der Waals surface area contributed by atoms with E-state index in [2.05, 4.69) is 9.98 Å². The van der Waals surface area contributed by atoms with Gasteiger partial charge in [-0.2, -0.15) is 9.98 Å². The van der Waals surface area contributed by atoms with Crippen molar-refractivity contribution in [2.45, 2.75) is 27.7 Å². The molecular formula is C14H18Cl2FeN2O4S. The van der Waals surface area contributed by atoms with Crippen LogP contribution in [0, 0.1) is 0 Å². The summed E-state index contributed by atoms with van der Waals surface area (Å²) >= 11 is 1.59. The molecule has 0 saturated carbocycles. The van der Waals surface area contributed by atoms with Crippen LogP contribution in [0.25, 0.3) is 0 Å². The van der Waals surface area contributed by atoms with Crippen LogP contribution in [0.4, 0.5) is 9.59 Å². The predicted octanol–water partition coefficient (Wildman–Crippen LogP) is 5.06. The van der Waals surface area contributed by atoms with E-state index in [-0.39, 0.29) is 26.3 Å². The number of thiophene rings is 1. The van der Waals surface area contributed by atoms with Gasteiger partial charge in [-0.25, -0.2) is 9.59 Å². The van der Waals surface area contributed by atoms with Gasteiger partial charge in [-0.3, -0.25) is 0 Å². The van der Waals surface area contributed by atoms with E-state index in [1.165, 1.54) is 11.3 Å². The van der Waals surface area contributed by atoms with E-state index in [0.717, 1.165) is 9.75 Å². The van der Waals surface area contributed by atoms with Crippen molar-refractivity contribution >= 4 is 55.1 Å². The van der Waals surface area contributed by atoms with Crippen LogP contribution in [0.5, 0.6) is 0 Å². The molecule has 2 amide bonds. The molecule has 136 valence electrons. The van der Waals surface area contributed by atoms with Gasteiger partial charge in [-0.1, -0.05) is 0 Å². The zero-order valence-corrected chi connectivity index (χ0v) is 17.0. The van der Waals surface area contributed by atoms with Crippen molar-refractivity contribution in [3.05, 3.63) is 21.9 Å². The number of nitrogens with zero attached hydrogens (tertiary/aromatic N) is 2. The number of carbonyl (C=O) groups is 2. The number of ether oxygens (including phenoxy) is 2. The van der Waals surface area contributed by atoms with Crippen molar-refractivity contribution in [3.8, 4) is 0 Å². The summed E-state index contributed by atoms with van der Waals surface area (Å²) in [5, 5.41) is 0. The van der Waals surface area contributed by atoms with E-state index in [4.69, 9.17) is 29.7 Å². The summed E-state index contributed by atoms with van der Waals surface area (Å²) in [4.78, 5) is 31.9. The molecule has 0 aliphatic rings. The van der Waals surface area contributed by atoms with Gasteiger partial charge in [0, 0.05) is 9.75 Å². The summed E-state index contributed by atoms with van der Waals surface area (Å²) in [5.74, 6) is 0. The SMILES string of the molecule is CCOC(=O)/N=C(\C)c1ccc(/C(C)=N/C(=O)OCC)s1.[Cl][Fe][Cl]. The molecule has 6 nitrogen and oxygen atoms in total. The van der Waals surface area contributed by atoms with Crippen LogP contribution in [0.15, 0.2) is 22.1 Å². The molecule has 1 aromatic heterocycles. The average Bonchev–Trinajstić information content (AvgIpc) is 2.98. The summed E-state index contributed by atoms with van der Waals surface area (Å²) in [6, 6.07) is 3.64. The van der Waals surface area contributed by atoms with Crippen molar-refractivity contribution in [1.29, 1.82) is 0 Å². The number of rotatable bonds is 4. The minimum atomic E-state index is -0.609. The molecule has 0 bridgehead atoms. The van der Waals surface area contributed by atoms with Crippen molar-refractivity contribution in [3.63, 3.8) is 0 Å². The van der Waals surface area contributed by atoms with E-state index < -0.39 is 12.2 Å². The number of hydrogen-bond donors (Lipinski definition) is 0. The number of carbonyl (C=O) groups excluding carboxylic acids is 2. The fourth-order valence-corrected chi connectivity index (χ4v) is 2.32. The number of amides is 2. The predicted molar refractivity (Wildman–Crippen MR) is 94.5 cm³/mol. The van der Waals surface area contributed by atoms with Crippen molar-refractivity contribution in [2.75, 3.05) is 13.2 Å². The van der Waals surface area contributed by atoms with Gasteiger partial charge in [0.25, 0.3) is 0 Å². The number of halogens is 2. The van der Waals surface area contributed by atoms with Crippen LogP contribution in [-0.4, -0.2) is 36.8 Å². The fraction of sp³-hybridized carbons (Fsp3) is 0.429. The first kappa shape index (κ1) is 23.1. The van der Waals surface area contributed by atoms with Crippen LogP contribution in [0.2, 0.25) is 0 Å². The molecule has 0 spiro atoms. The molecule has 0 fully saturated rings. The van der Waals surface area contributed by atoms with Crippen LogP contribution < -0.4 is 0 Å². The third kappa shape index (κ3) is 9.39. The molecule has 24 heavy (non-hydrogen) atoms. The van der Waals surface area contributed by atoms with Gasteiger partial charge in [-0.15, -0.1) is 11.3 Å². The third-order valence-electron chi connectivity index (χ3n) is 2.37. The van der Waals surface area contributed by atoms with E-state index in [1.54, 1.807) is 27.7 Å². The first-order chi connectivity index (χ1) is 11.4. The number of hydrogen-bond acceptors (Lipinski definition) is 5. The summed E-state index contributed by atoms with van der Waals surface area (Å²) in [6.45, 7) is 7.48. The Bertz CT molecular complexity index is 557. The Morgan fingerprint density at radius 1 is 1.00 bits per heavy atom. The molecule has 0 unspecified atom stereocenters. The Morgan fingerprint density at radius 3 is 1.62 bits per heavy atom. The molecule has 0 N–H and O–H groups in total. The topological polar surface area (TPSA) is 77.3 Å². The maximum atomic E-state index is 11.3. The first-order valence-corrected chi connectivity index (χ1v) is 10.6. The Labute approximate surface area is 159 Å². The van der Waals surface area contributed by atoms with Gasteiger partial charge in [0.05, 0.1) is 24.6 Å². The quantitative estimate of drug-likeness (QED) is 0.488. The second kappa shape index (κ2) is 13.4. The summed E-state index contributed by atoms with van der Waals surface area (Å²) in [5.41, 5.74) is 1.13. The normalized spacial score (nSPS) is 11.6.